The molecule has 2 aromatic rings. The largest absolute Gasteiger partial charge is 0.352 e. The number of amides is 2. The Labute approximate surface area is 173 Å². The Morgan fingerprint density at radius 2 is 1.76 bits per heavy atom. The van der Waals surface area contributed by atoms with Crippen LogP contribution >= 0.6 is 0 Å². The van der Waals surface area contributed by atoms with Gasteiger partial charge in [-0.05, 0) is 56.9 Å². The summed E-state index contributed by atoms with van der Waals surface area (Å²) < 4.78 is 14.2. The van der Waals surface area contributed by atoms with Crippen molar-refractivity contribution in [1.29, 1.82) is 0 Å². The summed E-state index contributed by atoms with van der Waals surface area (Å²) in [5.74, 6) is -0.821. The van der Waals surface area contributed by atoms with Crippen LogP contribution in [0.15, 0.2) is 42.5 Å². The second-order valence-electron chi connectivity index (χ2n) is 7.70. The minimum Gasteiger partial charge on any atom is -0.352 e. The van der Waals surface area contributed by atoms with Gasteiger partial charge in [0.05, 0.1) is 6.42 Å². The van der Waals surface area contributed by atoms with Gasteiger partial charge >= 0.3 is 0 Å². The van der Waals surface area contributed by atoms with Crippen LogP contribution in [0.2, 0.25) is 0 Å². The van der Waals surface area contributed by atoms with E-state index in [0.717, 1.165) is 23.1 Å². The number of halogens is 1. The first-order chi connectivity index (χ1) is 13.7. The molecule has 0 saturated heterocycles. The van der Waals surface area contributed by atoms with Crippen LogP contribution in [-0.4, -0.2) is 28.8 Å². The Morgan fingerprint density at radius 3 is 2.38 bits per heavy atom. The molecule has 0 bridgehead atoms. The van der Waals surface area contributed by atoms with Gasteiger partial charge in [-0.2, -0.15) is 0 Å². The third-order valence-electron chi connectivity index (χ3n) is 5.39. The third kappa shape index (κ3) is 6.14. The number of nitrogens with zero attached hydrogens (tertiary/aromatic N) is 1. The van der Waals surface area contributed by atoms with Gasteiger partial charge in [0.15, 0.2) is 0 Å². The van der Waals surface area contributed by atoms with Crippen LogP contribution in [0.4, 0.5) is 4.39 Å². The molecule has 0 heterocycles. The van der Waals surface area contributed by atoms with Crippen molar-refractivity contribution in [2.24, 2.45) is 0 Å². The van der Waals surface area contributed by atoms with Crippen molar-refractivity contribution in [3.8, 4) is 0 Å². The number of benzene rings is 2. The van der Waals surface area contributed by atoms with Gasteiger partial charge < -0.3 is 10.2 Å². The van der Waals surface area contributed by atoms with E-state index in [2.05, 4.69) is 5.32 Å². The van der Waals surface area contributed by atoms with Gasteiger partial charge in [0, 0.05) is 18.2 Å². The van der Waals surface area contributed by atoms with Crippen LogP contribution in [0.5, 0.6) is 0 Å². The zero-order chi connectivity index (χ0) is 21.6. The molecular weight excluding hydrogens is 367 g/mol. The summed E-state index contributed by atoms with van der Waals surface area (Å²) in [6, 6.07) is 11.5. The van der Waals surface area contributed by atoms with Gasteiger partial charge in [0.1, 0.15) is 11.9 Å². The monoisotopic (exact) mass is 398 g/mol. The second-order valence-corrected chi connectivity index (χ2v) is 7.70. The highest BCUT2D eigenvalue weighted by atomic mass is 19.1. The highest BCUT2D eigenvalue weighted by molar-refractivity contribution is 5.88. The summed E-state index contributed by atoms with van der Waals surface area (Å²) in [5.41, 5.74) is 3.54. The van der Waals surface area contributed by atoms with Gasteiger partial charge in [-0.15, -0.1) is 0 Å². The molecule has 156 valence electrons. The third-order valence-corrected chi connectivity index (χ3v) is 5.39. The molecule has 2 amide bonds. The first-order valence-corrected chi connectivity index (χ1v) is 10.1. The number of rotatable bonds is 8. The van der Waals surface area contributed by atoms with E-state index in [4.69, 9.17) is 0 Å². The molecule has 5 heteroatoms. The Bertz CT molecular complexity index is 866. The molecule has 2 rings (SSSR count). The van der Waals surface area contributed by atoms with Crippen LogP contribution in [0.25, 0.3) is 0 Å². The molecule has 0 saturated carbocycles. The predicted octanol–water partition coefficient (Wildman–Crippen LogP) is 4.32. The van der Waals surface area contributed by atoms with Crippen LogP contribution in [0.3, 0.4) is 0 Å². The van der Waals surface area contributed by atoms with Crippen LogP contribution in [0.1, 0.15) is 49.4 Å². The van der Waals surface area contributed by atoms with E-state index in [9.17, 15) is 14.0 Å². The van der Waals surface area contributed by atoms with Crippen LogP contribution in [0, 0.1) is 19.7 Å². The summed E-state index contributed by atoms with van der Waals surface area (Å²) in [4.78, 5) is 27.3. The van der Waals surface area contributed by atoms with E-state index in [-0.39, 0.29) is 36.6 Å². The number of hydrogen-bond donors (Lipinski definition) is 1. The minimum absolute atomic E-state index is 0.00936. The lowest BCUT2D eigenvalue weighted by Crippen LogP contribution is -2.50. The quantitative estimate of drug-likeness (QED) is 0.720. The van der Waals surface area contributed by atoms with Gasteiger partial charge in [-0.25, -0.2) is 4.39 Å². The molecule has 29 heavy (non-hydrogen) atoms. The molecule has 1 N–H and O–H groups in total. The highest BCUT2D eigenvalue weighted by Crippen LogP contribution is 2.16. The number of hydrogen-bond acceptors (Lipinski definition) is 2. The summed E-state index contributed by atoms with van der Waals surface area (Å²) in [6.45, 7) is 9.66. The Hall–Kier alpha value is -2.69. The highest BCUT2D eigenvalue weighted by Gasteiger charge is 2.27. The molecular formula is C24H31FN2O2. The smallest absolute Gasteiger partial charge is 0.242 e. The van der Waals surface area contributed by atoms with Crippen molar-refractivity contribution in [1.82, 2.24) is 10.2 Å². The van der Waals surface area contributed by atoms with Gasteiger partial charge in [-0.1, -0.05) is 43.3 Å². The predicted molar refractivity (Wildman–Crippen MR) is 114 cm³/mol. The van der Waals surface area contributed by atoms with Crippen molar-refractivity contribution in [2.75, 3.05) is 0 Å². The van der Waals surface area contributed by atoms with E-state index in [0.29, 0.717) is 5.56 Å². The molecule has 0 aliphatic carbocycles. The zero-order valence-electron chi connectivity index (χ0n) is 18.0. The minimum atomic E-state index is -0.706. The van der Waals surface area contributed by atoms with Gasteiger partial charge in [0.2, 0.25) is 11.8 Å². The number of nitrogens with one attached hydrogen (secondary N) is 1. The van der Waals surface area contributed by atoms with Gasteiger partial charge in [0.25, 0.3) is 0 Å². The normalized spacial score (nSPS) is 12.9. The van der Waals surface area contributed by atoms with Crippen molar-refractivity contribution in [3.63, 3.8) is 0 Å². The number of aryl methyl sites for hydroxylation is 2. The summed E-state index contributed by atoms with van der Waals surface area (Å²) in [7, 11) is 0. The number of carbonyl (C=O) groups excluding carboxylic acids is 2. The maximum absolute atomic E-state index is 14.2. The Balaban J connectivity index is 2.27. The Morgan fingerprint density at radius 1 is 1.07 bits per heavy atom. The van der Waals surface area contributed by atoms with E-state index >= 15 is 0 Å². The van der Waals surface area contributed by atoms with Crippen molar-refractivity contribution >= 4 is 11.8 Å². The molecule has 2 atom stereocenters. The zero-order valence-corrected chi connectivity index (χ0v) is 18.0. The maximum atomic E-state index is 14.2. The summed E-state index contributed by atoms with van der Waals surface area (Å²) >= 11 is 0. The molecule has 2 unspecified atom stereocenters. The fraction of sp³-hybridized carbons (Fsp3) is 0.417. The summed E-state index contributed by atoms with van der Waals surface area (Å²) in [5, 5.41) is 2.92. The molecule has 4 nitrogen and oxygen atoms in total. The first-order valence-electron chi connectivity index (χ1n) is 10.1. The van der Waals surface area contributed by atoms with E-state index in [1.165, 1.54) is 11.0 Å². The SMILES string of the molecule is CCC(C)NC(=O)C(C)N(Cc1ccccc1F)C(=O)Cc1ccc(C)c(C)c1. The van der Waals surface area contributed by atoms with Crippen molar-refractivity contribution in [3.05, 3.63) is 70.5 Å². The van der Waals surface area contributed by atoms with E-state index < -0.39 is 6.04 Å². The molecule has 0 aliphatic rings. The molecule has 2 aromatic carbocycles. The Kier molecular flexibility index (Phi) is 7.94. The molecule has 0 fully saturated rings. The van der Waals surface area contributed by atoms with Crippen molar-refractivity contribution < 1.29 is 14.0 Å². The van der Waals surface area contributed by atoms with E-state index in [1.807, 2.05) is 45.9 Å². The van der Waals surface area contributed by atoms with Crippen LogP contribution < -0.4 is 5.32 Å². The maximum Gasteiger partial charge on any atom is 0.242 e. The first kappa shape index (κ1) is 22.6. The second kappa shape index (κ2) is 10.2. The summed E-state index contributed by atoms with van der Waals surface area (Å²) in [6.07, 6.45) is 0.957. The van der Waals surface area contributed by atoms with E-state index in [1.54, 1.807) is 25.1 Å². The molecule has 0 spiro atoms. The van der Waals surface area contributed by atoms with Crippen molar-refractivity contribution in [2.45, 2.75) is 66.1 Å². The topological polar surface area (TPSA) is 49.4 Å². The lowest BCUT2D eigenvalue weighted by molar-refractivity contribution is -0.140. The number of carbonyl (C=O) groups is 2. The standard InChI is InChI=1S/C24H31FN2O2/c1-6-18(4)26-24(29)19(5)27(15-21-9-7-8-10-22(21)25)23(28)14-20-12-11-16(2)17(3)13-20/h7-13,18-19H,6,14-15H2,1-5H3,(H,26,29). The average Bonchev–Trinajstić information content (AvgIpc) is 2.69. The fourth-order valence-corrected chi connectivity index (χ4v) is 3.05. The lowest BCUT2D eigenvalue weighted by Gasteiger charge is -2.30. The molecule has 0 radical (unpaired) electrons. The molecule has 0 aliphatic heterocycles. The average molecular weight is 399 g/mol. The van der Waals surface area contributed by atoms with Crippen LogP contribution in [-0.2, 0) is 22.6 Å². The van der Waals surface area contributed by atoms with Gasteiger partial charge in [-0.3, -0.25) is 9.59 Å². The molecule has 0 aromatic heterocycles. The lowest BCUT2D eigenvalue weighted by atomic mass is 10.0. The fourth-order valence-electron chi connectivity index (χ4n) is 3.05.